The van der Waals surface area contributed by atoms with Crippen LogP contribution in [0.2, 0.25) is 5.02 Å². The lowest BCUT2D eigenvalue weighted by atomic mass is 10.0. The van der Waals surface area contributed by atoms with Gasteiger partial charge in [-0.15, -0.1) is 0 Å². The molecule has 0 aliphatic heterocycles. The van der Waals surface area contributed by atoms with Crippen molar-refractivity contribution in [1.29, 1.82) is 0 Å². The van der Waals surface area contributed by atoms with Gasteiger partial charge in [0, 0.05) is 5.02 Å². The molecule has 16 heavy (non-hydrogen) atoms. The summed E-state index contributed by atoms with van der Waals surface area (Å²) < 4.78 is 0. The van der Waals surface area contributed by atoms with Crippen LogP contribution in [0.25, 0.3) is 11.6 Å². The Morgan fingerprint density at radius 3 is 2.44 bits per heavy atom. The number of rotatable bonds is 1. The lowest BCUT2D eigenvalue weighted by Gasteiger charge is -2.04. The van der Waals surface area contributed by atoms with E-state index in [0.29, 0.717) is 0 Å². The van der Waals surface area contributed by atoms with Crippen molar-refractivity contribution >= 4 is 23.3 Å². The molecule has 1 aliphatic carbocycles. The maximum Gasteiger partial charge on any atom is 0.0481 e. The molecule has 78 valence electrons. The van der Waals surface area contributed by atoms with E-state index in [0.717, 1.165) is 17.0 Å². The molecule has 1 heteroatoms. The van der Waals surface area contributed by atoms with Gasteiger partial charge in [0.2, 0.25) is 0 Å². The van der Waals surface area contributed by atoms with E-state index in [9.17, 15) is 0 Å². The Bertz CT molecular complexity index is 567. The molecular formula is C15H11Cl. The maximum atomic E-state index is 6.21. The van der Waals surface area contributed by atoms with Gasteiger partial charge in [-0.25, -0.2) is 0 Å². The largest absolute Gasteiger partial charge is 0.0837 e. The van der Waals surface area contributed by atoms with Crippen molar-refractivity contribution in [3.63, 3.8) is 0 Å². The molecule has 0 nitrogen and oxygen atoms in total. The predicted molar refractivity (Wildman–Crippen MR) is 69.5 cm³/mol. The Morgan fingerprint density at radius 2 is 1.62 bits per heavy atom. The van der Waals surface area contributed by atoms with E-state index >= 15 is 0 Å². The minimum Gasteiger partial charge on any atom is -0.0837 e. The van der Waals surface area contributed by atoms with Gasteiger partial charge in [0.25, 0.3) is 0 Å². The molecule has 0 fully saturated rings. The fourth-order valence-corrected chi connectivity index (χ4v) is 2.43. The first-order chi connectivity index (χ1) is 7.84. The first kappa shape index (κ1) is 9.68. The van der Waals surface area contributed by atoms with Crippen LogP contribution in [-0.2, 0) is 6.42 Å². The van der Waals surface area contributed by atoms with Crippen molar-refractivity contribution in [2.24, 2.45) is 0 Å². The van der Waals surface area contributed by atoms with E-state index in [1.807, 2.05) is 18.2 Å². The van der Waals surface area contributed by atoms with E-state index in [4.69, 9.17) is 11.6 Å². The molecule has 0 saturated heterocycles. The summed E-state index contributed by atoms with van der Waals surface area (Å²) in [7, 11) is 0. The van der Waals surface area contributed by atoms with E-state index in [-0.39, 0.29) is 0 Å². The van der Waals surface area contributed by atoms with Crippen LogP contribution in [0.5, 0.6) is 0 Å². The highest BCUT2D eigenvalue weighted by molar-refractivity contribution is 6.32. The second kappa shape index (κ2) is 3.80. The minimum absolute atomic E-state index is 0.835. The van der Waals surface area contributed by atoms with Crippen LogP contribution in [-0.4, -0.2) is 0 Å². The molecule has 0 amide bonds. The Morgan fingerprint density at radius 1 is 0.875 bits per heavy atom. The second-order valence-corrected chi connectivity index (χ2v) is 4.43. The summed E-state index contributed by atoms with van der Waals surface area (Å²) in [6, 6.07) is 16.5. The van der Waals surface area contributed by atoms with Crippen LogP contribution in [0.4, 0.5) is 0 Å². The summed E-state index contributed by atoms with van der Waals surface area (Å²) in [5.74, 6) is 0. The molecule has 2 aromatic carbocycles. The van der Waals surface area contributed by atoms with Crippen LogP contribution >= 0.6 is 11.6 Å². The van der Waals surface area contributed by atoms with Crippen LogP contribution in [0.15, 0.2) is 48.5 Å². The summed E-state index contributed by atoms with van der Waals surface area (Å²) in [5, 5.41) is 0.835. The molecular weight excluding hydrogens is 216 g/mol. The second-order valence-electron chi connectivity index (χ2n) is 4.03. The highest BCUT2D eigenvalue weighted by atomic mass is 35.5. The Hall–Kier alpha value is -1.53. The van der Waals surface area contributed by atoms with Gasteiger partial charge in [0.1, 0.15) is 0 Å². The molecule has 0 N–H and O–H groups in total. The third-order valence-corrected chi connectivity index (χ3v) is 3.32. The highest BCUT2D eigenvalue weighted by Gasteiger charge is 2.14. The zero-order chi connectivity index (χ0) is 11.0. The number of hydrogen-bond donors (Lipinski definition) is 0. The van der Waals surface area contributed by atoms with Gasteiger partial charge in [-0.3, -0.25) is 0 Å². The van der Waals surface area contributed by atoms with Gasteiger partial charge < -0.3 is 0 Å². The molecule has 3 rings (SSSR count). The fraction of sp³-hybridized carbons (Fsp3) is 0.0667. The molecule has 0 radical (unpaired) electrons. The predicted octanol–water partition coefficient (Wildman–Crippen LogP) is 4.44. The van der Waals surface area contributed by atoms with Crippen molar-refractivity contribution in [3.05, 3.63) is 70.2 Å². The normalized spacial score (nSPS) is 13.4. The summed E-state index contributed by atoms with van der Waals surface area (Å²) in [5.41, 5.74) is 5.17. The summed E-state index contributed by atoms with van der Waals surface area (Å²) >= 11 is 6.21. The number of allylic oxidation sites excluding steroid dienone is 1. The fourth-order valence-electron chi connectivity index (χ4n) is 2.17. The zero-order valence-corrected chi connectivity index (χ0v) is 9.54. The third-order valence-electron chi connectivity index (χ3n) is 2.99. The van der Waals surface area contributed by atoms with Gasteiger partial charge in [-0.2, -0.15) is 0 Å². The summed E-state index contributed by atoms with van der Waals surface area (Å²) in [4.78, 5) is 0. The molecule has 2 aromatic rings. The minimum atomic E-state index is 0.835. The average Bonchev–Trinajstić information content (AvgIpc) is 2.73. The third kappa shape index (κ3) is 1.56. The van der Waals surface area contributed by atoms with Gasteiger partial charge in [0.15, 0.2) is 0 Å². The van der Waals surface area contributed by atoms with Crippen molar-refractivity contribution in [2.45, 2.75) is 6.42 Å². The smallest absolute Gasteiger partial charge is 0.0481 e. The van der Waals surface area contributed by atoms with Gasteiger partial charge in [0.05, 0.1) is 0 Å². The number of benzene rings is 2. The number of hydrogen-bond acceptors (Lipinski definition) is 0. The van der Waals surface area contributed by atoms with Crippen molar-refractivity contribution in [3.8, 4) is 0 Å². The van der Waals surface area contributed by atoms with E-state index < -0.39 is 0 Å². The highest BCUT2D eigenvalue weighted by Crippen LogP contribution is 2.34. The molecule has 0 spiro atoms. The molecule has 0 saturated carbocycles. The Balaban J connectivity index is 2.05. The van der Waals surface area contributed by atoms with Crippen molar-refractivity contribution in [2.75, 3.05) is 0 Å². The molecule has 0 heterocycles. The summed E-state index contributed by atoms with van der Waals surface area (Å²) in [6.07, 6.45) is 3.22. The Kier molecular flexibility index (Phi) is 2.30. The standard InChI is InChI=1S/C15H11Cl/c16-15-8-4-3-7-14(15)13-9-11-5-1-2-6-12(11)10-13/h1-9H,10H2. The first-order valence-corrected chi connectivity index (χ1v) is 5.76. The number of halogens is 1. The van der Waals surface area contributed by atoms with Gasteiger partial charge in [-0.05, 0) is 34.8 Å². The van der Waals surface area contributed by atoms with E-state index in [2.05, 4.69) is 36.4 Å². The lowest BCUT2D eigenvalue weighted by molar-refractivity contribution is 1.32. The molecule has 1 aliphatic rings. The quantitative estimate of drug-likeness (QED) is 0.675. The maximum absolute atomic E-state index is 6.21. The molecule has 0 aromatic heterocycles. The van der Waals surface area contributed by atoms with Gasteiger partial charge >= 0.3 is 0 Å². The van der Waals surface area contributed by atoms with Crippen molar-refractivity contribution < 1.29 is 0 Å². The first-order valence-electron chi connectivity index (χ1n) is 5.38. The topological polar surface area (TPSA) is 0 Å². The Labute approximate surface area is 100 Å². The van der Waals surface area contributed by atoms with Crippen LogP contribution in [0, 0.1) is 0 Å². The van der Waals surface area contributed by atoms with E-state index in [1.165, 1.54) is 16.7 Å². The summed E-state index contributed by atoms with van der Waals surface area (Å²) in [6.45, 7) is 0. The monoisotopic (exact) mass is 226 g/mol. The molecule has 0 atom stereocenters. The zero-order valence-electron chi connectivity index (χ0n) is 8.78. The number of fused-ring (bicyclic) bond motifs is 1. The van der Waals surface area contributed by atoms with Crippen LogP contribution in [0.3, 0.4) is 0 Å². The average molecular weight is 227 g/mol. The van der Waals surface area contributed by atoms with E-state index in [1.54, 1.807) is 0 Å². The van der Waals surface area contributed by atoms with Crippen LogP contribution < -0.4 is 0 Å². The van der Waals surface area contributed by atoms with Gasteiger partial charge in [-0.1, -0.05) is 60.1 Å². The lowest BCUT2D eigenvalue weighted by Crippen LogP contribution is -1.86. The van der Waals surface area contributed by atoms with Crippen molar-refractivity contribution in [1.82, 2.24) is 0 Å². The van der Waals surface area contributed by atoms with Crippen LogP contribution in [0.1, 0.15) is 16.7 Å². The molecule has 0 unspecified atom stereocenters. The SMILES string of the molecule is Clc1ccccc1C1=Cc2ccccc2C1. The molecule has 0 bridgehead atoms.